The molecule has 1 heteroatoms. The molecule has 0 aliphatic heterocycles. The first-order chi connectivity index (χ1) is 5.96. The zero-order valence-electron chi connectivity index (χ0n) is 8.96. The minimum Gasteiger partial charge on any atom is -0.398 e. The van der Waals surface area contributed by atoms with Crippen LogP contribution in [0.25, 0.3) is 0 Å². The predicted octanol–water partition coefficient (Wildman–Crippen LogP) is 3.20. The number of hydrogen-bond acceptors (Lipinski definition) is 1. The minimum atomic E-state index is 0.158. The second kappa shape index (κ2) is 3.41. The van der Waals surface area contributed by atoms with Gasteiger partial charge in [-0.15, -0.1) is 0 Å². The third-order valence-corrected chi connectivity index (χ3v) is 3.10. The zero-order valence-corrected chi connectivity index (χ0v) is 8.96. The molecule has 72 valence electrons. The van der Waals surface area contributed by atoms with E-state index in [0.717, 1.165) is 5.69 Å². The van der Waals surface area contributed by atoms with Crippen molar-refractivity contribution in [2.75, 3.05) is 5.73 Å². The van der Waals surface area contributed by atoms with Crippen LogP contribution < -0.4 is 5.73 Å². The summed E-state index contributed by atoms with van der Waals surface area (Å²) >= 11 is 0. The van der Waals surface area contributed by atoms with E-state index in [1.165, 1.54) is 5.56 Å². The largest absolute Gasteiger partial charge is 0.398 e. The number of nitrogens with two attached hydrogens (primary N) is 1. The van der Waals surface area contributed by atoms with Crippen molar-refractivity contribution in [1.29, 1.82) is 0 Å². The average Bonchev–Trinajstić information content (AvgIpc) is 2.04. The van der Waals surface area contributed by atoms with Gasteiger partial charge in [-0.1, -0.05) is 45.9 Å². The van der Waals surface area contributed by atoms with Crippen molar-refractivity contribution < 1.29 is 0 Å². The lowest BCUT2D eigenvalue weighted by molar-refractivity contribution is 0.373. The molecule has 1 rings (SSSR count). The highest BCUT2D eigenvalue weighted by molar-refractivity contribution is 5.50. The van der Waals surface area contributed by atoms with Gasteiger partial charge >= 0.3 is 0 Å². The van der Waals surface area contributed by atoms with Gasteiger partial charge in [-0.25, -0.2) is 0 Å². The summed E-state index contributed by atoms with van der Waals surface area (Å²) in [4.78, 5) is 0. The molecule has 0 saturated heterocycles. The topological polar surface area (TPSA) is 26.0 Å². The third kappa shape index (κ3) is 1.85. The van der Waals surface area contributed by atoms with Crippen LogP contribution >= 0.6 is 0 Å². The SMILES string of the molecule is CC(C)C(C)(C)c1ccccc1N. The van der Waals surface area contributed by atoms with Crippen LogP contribution in [0, 0.1) is 5.92 Å². The van der Waals surface area contributed by atoms with Crippen LogP contribution in [0.15, 0.2) is 24.3 Å². The van der Waals surface area contributed by atoms with Gasteiger partial charge in [0, 0.05) is 5.69 Å². The van der Waals surface area contributed by atoms with Gasteiger partial charge < -0.3 is 5.73 Å². The maximum absolute atomic E-state index is 5.94. The number of anilines is 1. The Morgan fingerprint density at radius 1 is 1.15 bits per heavy atom. The smallest absolute Gasteiger partial charge is 0.0352 e. The van der Waals surface area contributed by atoms with Crippen LogP contribution in [0.4, 0.5) is 5.69 Å². The van der Waals surface area contributed by atoms with Gasteiger partial charge in [0.1, 0.15) is 0 Å². The van der Waals surface area contributed by atoms with E-state index in [1.54, 1.807) is 0 Å². The van der Waals surface area contributed by atoms with E-state index in [0.29, 0.717) is 5.92 Å². The summed E-state index contributed by atoms with van der Waals surface area (Å²) in [6, 6.07) is 8.12. The summed E-state index contributed by atoms with van der Waals surface area (Å²) in [6.45, 7) is 8.94. The summed E-state index contributed by atoms with van der Waals surface area (Å²) in [5.41, 5.74) is 8.26. The van der Waals surface area contributed by atoms with E-state index in [2.05, 4.69) is 39.8 Å². The van der Waals surface area contributed by atoms with Gasteiger partial charge in [0.05, 0.1) is 0 Å². The molecule has 1 aromatic carbocycles. The monoisotopic (exact) mass is 177 g/mol. The summed E-state index contributed by atoms with van der Waals surface area (Å²) in [6.07, 6.45) is 0. The lowest BCUT2D eigenvalue weighted by Gasteiger charge is -2.31. The standard InChI is InChI=1S/C12H19N/c1-9(2)12(3,4)10-7-5-6-8-11(10)13/h5-9H,13H2,1-4H3. The molecule has 0 aliphatic carbocycles. The fourth-order valence-corrected chi connectivity index (χ4v) is 1.39. The summed E-state index contributed by atoms with van der Waals surface area (Å²) in [5.74, 6) is 0.595. The first-order valence-corrected chi connectivity index (χ1v) is 4.81. The molecule has 0 spiro atoms. The van der Waals surface area contributed by atoms with Crippen LogP contribution in [0.1, 0.15) is 33.3 Å². The predicted molar refractivity (Wildman–Crippen MR) is 58.7 cm³/mol. The summed E-state index contributed by atoms with van der Waals surface area (Å²) in [7, 11) is 0. The lowest BCUT2D eigenvalue weighted by Crippen LogP contribution is -2.25. The van der Waals surface area contributed by atoms with E-state index >= 15 is 0 Å². The van der Waals surface area contributed by atoms with Gasteiger partial charge in [-0.2, -0.15) is 0 Å². The maximum atomic E-state index is 5.94. The van der Waals surface area contributed by atoms with E-state index < -0.39 is 0 Å². The molecule has 0 saturated carbocycles. The Morgan fingerprint density at radius 3 is 2.15 bits per heavy atom. The van der Waals surface area contributed by atoms with Crippen LogP contribution in [-0.2, 0) is 5.41 Å². The molecule has 13 heavy (non-hydrogen) atoms. The fourth-order valence-electron chi connectivity index (χ4n) is 1.39. The van der Waals surface area contributed by atoms with Crippen molar-refractivity contribution >= 4 is 5.69 Å². The van der Waals surface area contributed by atoms with Gasteiger partial charge in [-0.3, -0.25) is 0 Å². The second-order valence-corrected chi connectivity index (χ2v) is 4.46. The molecule has 0 radical (unpaired) electrons. The average molecular weight is 177 g/mol. The third-order valence-electron chi connectivity index (χ3n) is 3.10. The number of para-hydroxylation sites is 1. The van der Waals surface area contributed by atoms with Crippen molar-refractivity contribution in [3.8, 4) is 0 Å². The van der Waals surface area contributed by atoms with E-state index in [9.17, 15) is 0 Å². The second-order valence-electron chi connectivity index (χ2n) is 4.46. The van der Waals surface area contributed by atoms with Gasteiger partial charge in [0.15, 0.2) is 0 Å². The number of hydrogen-bond donors (Lipinski definition) is 1. The van der Waals surface area contributed by atoms with Crippen LogP contribution in [0.2, 0.25) is 0 Å². The van der Waals surface area contributed by atoms with E-state index in [4.69, 9.17) is 5.73 Å². The van der Waals surface area contributed by atoms with Crippen molar-refractivity contribution in [3.05, 3.63) is 29.8 Å². The van der Waals surface area contributed by atoms with Gasteiger partial charge in [0.2, 0.25) is 0 Å². The van der Waals surface area contributed by atoms with Crippen molar-refractivity contribution in [2.24, 2.45) is 5.92 Å². The molecule has 0 aliphatic rings. The number of nitrogen functional groups attached to an aromatic ring is 1. The molecule has 0 bridgehead atoms. The van der Waals surface area contributed by atoms with E-state index in [1.807, 2.05) is 12.1 Å². The van der Waals surface area contributed by atoms with Gasteiger partial charge in [-0.05, 0) is 23.0 Å². The molecule has 0 heterocycles. The molecule has 0 fully saturated rings. The zero-order chi connectivity index (χ0) is 10.1. The van der Waals surface area contributed by atoms with Crippen molar-refractivity contribution in [3.63, 3.8) is 0 Å². The molecule has 1 nitrogen and oxygen atoms in total. The minimum absolute atomic E-state index is 0.158. The molecule has 2 N–H and O–H groups in total. The Morgan fingerprint density at radius 2 is 1.69 bits per heavy atom. The highest BCUT2D eigenvalue weighted by Gasteiger charge is 2.26. The Balaban J connectivity index is 3.14. The van der Waals surface area contributed by atoms with Crippen LogP contribution in [0.5, 0.6) is 0 Å². The molecule has 0 amide bonds. The van der Waals surface area contributed by atoms with Crippen LogP contribution in [0.3, 0.4) is 0 Å². The summed E-state index contributed by atoms with van der Waals surface area (Å²) < 4.78 is 0. The number of benzene rings is 1. The fraction of sp³-hybridized carbons (Fsp3) is 0.500. The summed E-state index contributed by atoms with van der Waals surface area (Å²) in [5, 5.41) is 0. The first-order valence-electron chi connectivity index (χ1n) is 4.81. The molecule has 0 aromatic heterocycles. The van der Waals surface area contributed by atoms with Gasteiger partial charge in [0.25, 0.3) is 0 Å². The molecule has 1 aromatic rings. The Hall–Kier alpha value is -0.980. The number of rotatable bonds is 2. The normalized spacial score (nSPS) is 12.1. The lowest BCUT2D eigenvalue weighted by atomic mass is 9.74. The highest BCUT2D eigenvalue weighted by Crippen LogP contribution is 2.34. The molecular weight excluding hydrogens is 158 g/mol. The first kappa shape index (κ1) is 10.1. The van der Waals surface area contributed by atoms with Crippen molar-refractivity contribution in [2.45, 2.75) is 33.1 Å². The Kier molecular flexibility index (Phi) is 2.65. The Labute approximate surface area is 81.0 Å². The highest BCUT2D eigenvalue weighted by atomic mass is 14.6. The maximum Gasteiger partial charge on any atom is 0.0352 e. The van der Waals surface area contributed by atoms with Crippen LogP contribution in [-0.4, -0.2) is 0 Å². The molecule has 0 unspecified atom stereocenters. The molecular formula is C12H19N. The Bertz CT molecular complexity index is 287. The molecule has 0 atom stereocenters. The quantitative estimate of drug-likeness (QED) is 0.690. The van der Waals surface area contributed by atoms with E-state index in [-0.39, 0.29) is 5.41 Å². The van der Waals surface area contributed by atoms with Crippen molar-refractivity contribution in [1.82, 2.24) is 0 Å².